The summed E-state index contributed by atoms with van der Waals surface area (Å²) >= 11 is 0. The zero-order valence-corrected chi connectivity index (χ0v) is 10.1. The van der Waals surface area contributed by atoms with Crippen LogP contribution in [-0.2, 0) is 0 Å². The number of aliphatic hydroxyl groups excluding tert-OH is 1. The third kappa shape index (κ3) is 2.66. The number of fused-ring (bicyclic) bond motifs is 3. The molecule has 0 bridgehead atoms. The molecule has 0 spiro atoms. The van der Waals surface area contributed by atoms with E-state index in [1.165, 1.54) is 21.8 Å². The van der Waals surface area contributed by atoms with Gasteiger partial charge in [-0.15, -0.1) is 0 Å². The number of hydrogen-bond acceptors (Lipinski definition) is 1. The molecule has 1 heterocycles. The van der Waals surface area contributed by atoms with E-state index in [0.717, 1.165) is 0 Å². The average Bonchev–Trinajstić information content (AvgIpc) is 2.66. The van der Waals surface area contributed by atoms with Gasteiger partial charge in [0.15, 0.2) is 0 Å². The second-order valence-electron chi connectivity index (χ2n) is 4.31. The third-order valence-electron chi connectivity index (χ3n) is 2.41. The number of H-pyrrole nitrogens is 1. The summed E-state index contributed by atoms with van der Waals surface area (Å²) < 4.78 is 0. The van der Waals surface area contributed by atoms with Crippen LogP contribution in [0.25, 0.3) is 21.8 Å². The lowest BCUT2D eigenvalue weighted by molar-refractivity contribution is 0.216. The molecule has 0 aliphatic heterocycles. The first-order valence-corrected chi connectivity index (χ1v) is 5.82. The van der Waals surface area contributed by atoms with Crippen LogP contribution in [0.3, 0.4) is 0 Å². The van der Waals surface area contributed by atoms with Crippen molar-refractivity contribution in [2.75, 3.05) is 0 Å². The van der Waals surface area contributed by atoms with Crippen LogP contribution in [0.2, 0.25) is 0 Å². The summed E-state index contributed by atoms with van der Waals surface area (Å²) in [5, 5.41) is 10.7. The standard InChI is InChI=1S/C12H9N.C3H8O/c1-3-7-11-9(5-1)10-6-2-4-8-12(10)13-11;1-3(2)4/h1-8,13H;3-4H,1-2H3. The van der Waals surface area contributed by atoms with Crippen molar-refractivity contribution in [2.45, 2.75) is 20.0 Å². The molecule has 2 aromatic carbocycles. The summed E-state index contributed by atoms with van der Waals surface area (Å²) in [6.07, 6.45) is -0.167. The van der Waals surface area contributed by atoms with E-state index in [-0.39, 0.29) is 6.10 Å². The maximum atomic E-state index is 8.06. The number of rotatable bonds is 0. The van der Waals surface area contributed by atoms with Crippen LogP contribution >= 0.6 is 0 Å². The molecule has 2 heteroatoms. The van der Waals surface area contributed by atoms with Crippen molar-refractivity contribution in [3.8, 4) is 0 Å². The molecule has 2 N–H and O–H groups in total. The van der Waals surface area contributed by atoms with Gasteiger partial charge >= 0.3 is 0 Å². The van der Waals surface area contributed by atoms with Crippen molar-refractivity contribution in [1.29, 1.82) is 0 Å². The molecule has 1 aromatic heterocycles. The molecule has 3 aromatic rings. The number of nitrogens with one attached hydrogen (secondary N) is 1. The summed E-state index contributed by atoms with van der Waals surface area (Å²) in [4.78, 5) is 3.38. The van der Waals surface area contributed by atoms with Gasteiger partial charge in [0.1, 0.15) is 0 Å². The molecule has 0 aliphatic rings. The van der Waals surface area contributed by atoms with Crippen LogP contribution in [-0.4, -0.2) is 16.2 Å². The molecule has 0 saturated heterocycles. The SMILES string of the molecule is CC(C)O.c1ccc2c(c1)[nH]c1ccccc12. The van der Waals surface area contributed by atoms with Crippen molar-refractivity contribution in [2.24, 2.45) is 0 Å². The van der Waals surface area contributed by atoms with Crippen LogP contribution in [0, 0.1) is 0 Å². The Morgan fingerprint density at radius 2 is 1.18 bits per heavy atom. The van der Waals surface area contributed by atoms with Crippen LogP contribution in [0.5, 0.6) is 0 Å². The molecule has 17 heavy (non-hydrogen) atoms. The summed E-state index contributed by atoms with van der Waals surface area (Å²) in [7, 11) is 0. The van der Waals surface area contributed by atoms with Crippen molar-refractivity contribution in [3.05, 3.63) is 48.5 Å². The van der Waals surface area contributed by atoms with Gasteiger partial charge in [-0.25, -0.2) is 0 Å². The van der Waals surface area contributed by atoms with Gasteiger partial charge < -0.3 is 10.1 Å². The summed E-state index contributed by atoms with van der Waals surface area (Å²) in [5.74, 6) is 0. The fraction of sp³-hybridized carbons (Fsp3) is 0.200. The van der Waals surface area contributed by atoms with Crippen LogP contribution in [0.4, 0.5) is 0 Å². The highest BCUT2D eigenvalue weighted by atomic mass is 16.3. The van der Waals surface area contributed by atoms with Gasteiger partial charge in [0.25, 0.3) is 0 Å². The molecular formula is C15H17NO. The predicted octanol–water partition coefficient (Wildman–Crippen LogP) is 3.71. The number of para-hydroxylation sites is 2. The van der Waals surface area contributed by atoms with Gasteiger partial charge in [0, 0.05) is 27.9 Å². The highest BCUT2D eigenvalue weighted by molar-refractivity contribution is 6.06. The molecule has 0 radical (unpaired) electrons. The fourth-order valence-corrected chi connectivity index (χ4v) is 1.80. The first-order valence-electron chi connectivity index (χ1n) is 5.82. The minimum absolute atomic E-state index is 0.167. The largest absolute Gasteiger partial charge is 0.394 e. The maximum Gasteiger partial charge on any atom is 0.0483 e. The number of aromatic nitrogens is 1. The van der Waals surface area contributed by atoms with Gasteiger partial charge in [0.05, 0.1) is 0 Å². The Kier molecular flexibility index (Phi) is 3.45. The van der Waals surface area contributed by atoms with E-state index in [1.807, 2.05) is 0 Å². The predicted molar refractivity (Wildman–Crippen MR) is 73.2 cm³/mol. The molecule has 0 aliphatic carbocycles. The Labute approximate surface area is 101 Å². The zero-order valence-electron chi connectivity index (χ0n) is 10.1. The Bertz CT molecular complexity index is 557. The van der Waals surface area contributed by atoms with Crippen molar-refractivity contribution in [1.82, 2.24) is 4.98 Å². The second kappa shape index (κ2) is 5.02. The lowest BCUT2D eigenvalue weighted by atomic mass is 10.2. The number of aromatic amines is 1. The quantitative estimate of drug-likeness (QED) is 0.603. The smallest absolute Gasteiger partial charge is 0.0483 e. The monoisotopic (exact) mass is 227 g/mol. The lowest BCUT2D eigenvalue weighted by Gasteiger charge is -1.87. The van der Waals surface area contributed by atoms with Gasteiger partial charge in [-0.1, -0.05) is 36.4 Å². The van der Waals surface area contributed by atoms with Crippen LogP contribution in [0.1, 0.15) is 13.8 Å². The van der Waals surface area contributed by atoms with E-state index in [9.17, 15) is 0 Å². The molecule has 88 valence electrons. The third-order valence-corrected chi connectivity index (χ3v) is 2.41. The molecule has 0 unspecified atom stereocenters. The highest BCUT2D eigenvalue weighted by Crippen LogP contribution is 2.24. The van der Waals surface area contributed by atoms with Gasteiger partial charge in [-0.05, 0) is 26.0 Å². The number of hydrogen-bond donors (Lipinski definition) is 2. The topological polar surface area (TPSA) is 36.0 Å². The lowest BCUT2D eigenvalue weighted by Crippen LogP contribution is -1.85. The van der Waals surface area contributed by atoms with Crippen molar-refractivity contribution in [3.63, 3.8) is 0 Å². The first-order chi connectivity index (χ1) is 8.18. The summed E-state index contributed by atoms with van der Waals surface area (Å²) in [6.45, 7) is 3.44. The number of aliphatic hydroxyl groups is 1. The van der Waals surface area contributed by atoms with E-state index < -0.39 is 0 Å². The number of benzene rings is 2. The van der Waals surface area contributed by atoms with E-state index in [1.54, 1.807) is 13.8 Å². The fourth-order valence-electron chi connectivity index (χ4n) is 1.80. The molecule has 0 saturated carbocycles. The Balaban J connectivity index is 0.000000239. The summed E-state index contributed by atoms with van der Waals surface area (Å²) in [6, 6.07) is 16.8. The molecule has 3 rings (SSSR count). The highest BCUT2D eigenvalue weighted by Gasteiger charge is 2.00. The summed E-state index contributed by atoms with van der Waals surface area (Å²) in [5.41, 5.74) is 2.42. The molecule has 2 nitrogen and oxygen atoms in total. The van der Waals surface area contributed by atoms with Crippen LogP contribution in [0.15, 0.2) is 48.5 Å². The molecule has 0 atom stereocenters. The van der Waals surface area contributed by atoms with E-state index in [2.05, 4.69) is 53.5 Å². The average molecular weight is 227 g/mol. The maximum absolute atomic E-state index is 8.06. The normalized spacial score (nSPS) is 10.6. The van der Waals surface area contributed by atoms with E-state index in [4.69, 9.17) is 5.11 Å². The first kappa shape index (κ1) is 11.7. The Hall–Kier alpha value is -1.80. The minimum atomic E-state index is -0.167. The molecule has 0 fully saturated rings. The second-order valence-corrected chi connectivity index (χ2v) is 4.31. The Morgan fingerprint density at radius 1 is 0.824 bits per heavy atom. The zero-order chi connectivity index (χ0) is 12.3. The Morgan fingerprint density at radius 3 is 1.59 bits per heavy atom. The molecular weight excluding hydrogens is 210 g/mol. The van der Waals surface area contributed by atoms with E-state index in [0.29, 0.717) is 0 Å². The molecule has 0 amide bonds. The van der Waals surface area contributed by atoms with Gasteiger partial charge in [-0.2, -0.15) is 0 Å². The minimum Gasteiger partial charge on any atom is -0.394 e. The van der Waals surface area contributed by atoms with Gasteiger partial charge in [-0.3, -0.25) is 0 Å². The van der Waals surface area contributed by atoms with E-state index >= 15 is 0 Å². The van der Waals surface area contributed by atoms with Crippen molar-refractivity contribution >= 4 is 21.8 Å². The van der Waals surface area contributed by atoms with Crippen LogP contribution < -0.4 is 0 Å². The van der Waals surface area contributed by atoms with Crippen molar-refractivity contribution < 1.29 is 5.11 Å². The van der Waals surface area contributed by atoms with Gasteiger partial charge in [0.2, 0.25) is 0 Å².